The van der Waals surface area contributed by atoms with Crippen LogP contribution >= 0.6 is 11.8 Å². The van der Waals surface area contributed by atoms with Crippen LogP contribution in [0.2, 0.25) is 0 Å². The lowest BCUT2D eigenvalue weighted by Crippen LogP contribution is -2.55. The number of carbonyl (C=O) groups excluding carboxylic acids is 2. The number of benzene rings is 1. The Morgan fingerprint density at radius 2 is 1.87 bits per heavy atom. The molecule has 0 spiro atoms. The van der Waals surface area contributed by atoms with Gasteiger partial charge >= 0.3 is 11.9 Å². The Bertz CT molecular complexity index is 751. The number of carbonyl (C=O) groups is 2. The average Bonchev–Trinajstić information content (AvgIpc) is 2.70. The highest BCUT2D eigenvalue weighted by molar-refractivity contribution is 7.99. The van der Waals surface area contributed by atoms with E-state index in [0.717, 1.165) is 23.1 Å². The fourth-order valence-corrected chi connectivity index (χ4v) is 4.19. The van der Waals surface area contributed by atoms with Gasteiger partial charge in [0.25, 0.3) is 0 Å². The van der Waals surface area contributed by atoms with Gasteiger partial charge in [-0.1, -0.05) is 31.2 Å². The summed E-state index contributed by atoms with van der Waals surface area (Å²) in [5.74, 6) is -1.10. The summed E-state index contributed by atoms with van der Waals surface area (Å²) >= 11 is 1.31. The normalized spacial score (nSPS) is 26.1. The van der Waals surface area contributed by atoms with E-state index in [1.807, 2.05) is 18.2 Å². The standard InChI is InChI=1S/C22H30O7S/c1-6-10-26-12-17-11-16(9-8-15(17)7-2)19-20(27-13(3)23)18(25)21(28-14(4)24)22(29-19)30-5/h6,8-9,11,18-22,25H,1,7,10,12H2,2-5H3/t18-,19+,20-,21+,22-/m1/s1. The summed E-state index contributed by atoms with van der Waals surface area (Å²) in [6, 6.07) is 5.82. The van der Waals surface area contributed by atoms with E-state index in [1.54, 1.807) is 12.3 Å². The summed E-state index contributed by atoms with van der Waals surface area (Å²) in [5.41, 5.74) is 2.24. The van der Waals surface area contributed by atoms with Crippen LogP contribution in [-0.2, 0) is 41.6 Å². The molecule has 0 aliphatic carbocycles. The summed E-state index contributed by atoms with van der Waals surface area (Å²) in [5, 5.41) is 10.9. The second-order valence-electron chi connectivity index (χ2n) is 6.98. The molecule has 0 bridgehead atoms. The topological polar surface area (TPSA) is 91.3 Å². The molecule has 1 saturated heterocycles. The van der Waals surface area contributed by atoms with Crippen molar-refractivity contribution < 1.29 is 33.6 Å². The van der Waals surface area contributed by atoms with Crippen molar-refractivity contribution in [3.8, 4) is 0 Å². The highest BCUT2D eigenvalue weighted by Crippen LogP contribution is 2.39. The van der Waals surface area contributed by atoms with E-state index in [9.17, 15) is 14.7 Å². The fourth-order valence-electron chi connectivity index (χ4n) is 3.48. The van der Waals surface area contributed by atoms with Gasteiger partial charge in [-0.25, -0.2) is 0 Å². The maximum absolute atomic E-state index is 11.7. The third kappa shape index (κ3) is 6.07. The lowest BCUT2D eigenvalue weighted by molar-refractivity contribution is -0.224. The molecule has 166 valence electrons. The SMILES string of the molecule is C=CCOCc1cc([C@@H]2O[C@H](SC)[C@@H](OC(C)=O)[C@H](O)[C@H]2OC(C)=O)ccc1CC. The number of esters is 2. The van der Waals surface area contributed by atoms with Gasteiger partial charge in [0.1, 0.15) is 17.6 Å². The van der Waals surface area contributed by atoms with Crippen LogP contribution in [0.25, 0.3) is 0 Å². The number of aryl methyl sites for hydroxylation is 1. The molecule has 7 nitrogen and oxygen atoms in total. The van der Waals surface area contributed by atoms with E-state index < -0.39 is 41.8 Å². The van der Waals surface area contributed by atoms with E-state index in [2.05, 4.69) is 13.5 Å². The van der Waals surface area contributed by atoms with E-state index >= 15 is 0 Å². The first-order chi connectivity index (χ1) is 14.3. The van der Waals surface area contributed by atoms with Crippen molar-refractivity contribution in [1.82, 2.24) is 0 Å². The molecule has 30 heavy (non-hydrogen) atoms. The van der Waals surface area contributed by atoms with Gasteiger partial charge in [0.15, 0.2) is 12.2 Å². The Kier molecular flexibility index (Phi) is 9.36. The highest BCUT2D eigenvalue weighted by atomic mass is 32.2. The molecule has 1 aliphatic heterocycles. The highest BCUT2D eigenvalue weighted by Gasteiger charge is 2.49. The minimum atomic E-state index is -1.24. The van der Waals surface area contributed by atoms with Gasteiger partial charge in [-0.05, 0) is 29.4 Å². The van der Waals surface area contributed by atoms with Crippen LogP contribution in [0.3, 0.4) is 0 Å². The van der Waals surface area contributed by atoms with Gasteiger partial charge in [-0.2, -0.15) is 0 Å². The molecule has 0 amide bonds. The smallest absolute Gasteiger partial charge is 0.303 e. The number of aliphatic hydroxyl groups excluding tert-OH is 1. The number of rotatable bonds is 9. The molecular formula is C22H30O7S. The second kappa shape index (κ2) is 11.5. The Morgan fingerprint density at radius 1 is 1.20 bits per heavy atom. The molecule has 1 aromatic rings. The van der Waals surface area contributed by atoms with Crippen molar-refractivity contribution in [2.75, 3.05) is 12.9 Å². The minimum absolute atomic E-state index is 0.401. The van der Waals surface area contributed by atoms with Crippen LogP contribution in [-0.4, -0.2) is 53.7 Å². The third-order valence-corrected chi connectivity index (χ3v) is 5.63. The largest absolute Gasteiger partial charge is 0.456 e. The number of thioether (sulfide) groups is 1. The second-order valence-corrected chi connectivity index (χ2v) is 7.92. The molecule has 1 aliphatic rings. The molecule has 1 fully saturated rings. The van der Waals surface area contributed by atoms with E-state index in [1.165, 1.54) is 25.6 Å². The molecule has 0 aromatic heterocycles. The van der Waals surface area contributed by atoms with Crippen LogP contribution in [0.15, 0.2) is 30.9 Å². The van der Waals surface area contributed by atoms with Gasteiger partial charge in [0, 0.05) is 13.8 Å². The quantitative estimate of drug-likeness (QED) is 0.358. The number of hydrogen-bond acceptors (Lipinski definition) is 8. The first kappa shape index (κ1) is 24.4. The molecule has 0 radical (unpaired) electrons. The van der Waals surface area contributed by atoms with E-state index in [-0.39, 0.29) is 0 Å². The lowest BCUT2D eigenvalue weighted by Gasteiger charge is -2.43. The Morgan fingerprint density at radius 3 is 2.43 bits per heavy atom. The van der Waals surface area contributed by atoms with Crippen LogP contribution in [0, 0.1) is 0 Å². The maximum Gasteiger partial charge on any atom is 0.303 e. The lowest BCUT2D eigenvalue weighted by atomic mass is 9.91. The zero-order chi connectivity index (χ0) is 22.3. The molecule has 1 aromatic carbocycles. The molecule has 1 heterocycles. The Hall–Kier alpha value is -1.87. The summed E-state index contributed by atoms with van der Waals surface area (Å²) in [6.45, 7) is 9.07. The Balaban J connectivity index is 2.40. The monoisotopic (exact) mass is 438 g/mol. The first-order valence-electron chi connectivity index (χ1n) is 9.83. The van der Waals surface area contributed by atoms with Crippen molar-refractivity contribution in [2.24, 2.45) is 0 Å². The molecule has 5 atom stereocenters. The molecule has 8 heteroatoms. The zero-order valence-electron chi connectivity index (χ0n) is 17.8. The Labute approximate surface area is 181 Å². The average molecular weight is 439 g/mol. The van der Waals surface area contributed by atoms with Gasteiger partial charge in [0.05, 0.1) is 13.2 Å². The zero-order valence-corrected chi connectivity index (χ0v) is 18.6. The molecule has 0 unspecified atom stereocenters. The predicted octanol–water partition coefficient (Wildman–Crippen LogP) is 2.94. The van der Waals surface area contributed by atoms with Gasteiger partial charge < -0.3 is 24.1 Å². The van der Waals surface area contributed by atoms with E-state index in [4.69, 9.17) is 18.9 Å². The molecule has 0 saturated carbocycles. The molecule has 1 N–H and O–H groups in total. The van der Waals surface area contributed by atoms with Crippen molar-refractivity contribution in [3.05, 3.63) is 47.5 Å². The summed E-state index contributed by atoms with van der Waals surface area (Å²) in [4.78, 5) is 23.2. The number of ether oxygens (including phenoxy) is 4. The summed E-state index contributed by atoms with van der Waals surface area (Å²) in [6.07, 6.45) is 0.374. The fraction of sp³-hybridized carbons (Fsp3) is 0.545. The first-order valence-corrected chi connectivity index (χ1v) is 11.1. The van der Waals surface area contributed by atoms with Crippen molar-refractivity contribution in [1.29, 1.82) is 0 Å². The van der Waals surface area contributed by atoms with Gasteiger partial charge in [0.2, 0.25) is 0 Å². The van der Waals surface area contributed by atoms with Crippen LogP contribution < -0.4 is 0 Å². The minimum Gasteiger partial charge on any atom is -0.456 e. The van der Waals surface area contributed by atoms with Gasteiger partial charge in [-0.15, -0.1) is 18.3 Å². The number of hydrogen-bond donors (Lipinski definition) is 1. The summed E-state index contributed by atoms with van der Waals surface area (Å²) in [7, 11) is 0. The van der Waals surface area contributed by atoms with Crippen LogP contribution in [0.4, 0.5) is 0 Å². The van der Waals surface area contributed by atoms with E-state index in [0.29, 0.717) is 13.2 Å². The number of aliphatic hydroxyl groups is 1. The predicted molar refractivity (Wildman–Crippen MR) is 114 cm³/mol. The molecule has 2 rings (SSSR count). The van der Waals surface area contributed by atoms with Crippen molar-refractivity contribution in [3.63, 3.8) is 0 Å². The van der Waals surface area contributed by atoms with Gasteiger partial charge in [-0.3, -0.25) is 9.59 Å². The van der Waals surface area contributed by atoms with Crippen molar-refractivity contribution in [2.45, 2.75) is 63.7 Å². The third-order valence-electron chi connectivity index (χ3n) is 4.79. The van der Waals surface area contributed by atoms with Crippen LogP contribution in [0.5, 0.6) is 0 Å². The van der Waals surface area contributed by atoms with Crippen molar-refractivity contribution >= 4 is 23.7 Å². The van der Waals surface area contributed by atoms with Crippen LogP contribution in [0.1, 0.15) is 43.6 Å². The summed E-state index contributed by atoms with van der Waals surface area (Å²) < 4.78 is 22.5. The molecular weight excluding hydrogens is 408 g/mol. The maximum atomic E-state index is 11.7.